The average molecular weight is 486 g/mol. The second kappa shape index (κ2) is 10.6. The highest BCUT2D eigenvalue weighted by Gasteiger charge is 2.24. The Morgan fingerprint density at radius 1 is 0.919 bits per heavy atom. The first kappa shape index (κ1) is 23.4. The third-order valence-corrected chi connectivity index (χ3v) is 7.23. The molecule has 0 radical (unpaired) electrons. The lowest BCUT2D eigenvalue weighted by Crippen LogP contribution is -2.34. The van der Waals surface area contributed by atoms with Gasteiger partial charge >= 0.3 is 0 Å². The number of fused-ring (bicyclic) bond motifs is 1. The SMILES string of the molecule is Bc1cnn2c(NCc3cccnc3)cc(C3CCCN(Cc4cccc(-c5ccccc5)c4)C3)nc12. The van der Waals surface area contributed by atoms with Gasteiger partial charge in [-0.1, -0.05) is 54.6 Å². The highest BCUT2D eigenvalue weighted by atomic mass is 15.3. The van der Waals surface area contributed by atoms with E-state index in [0.29, 0.717) is 12.5 Å². The first-order chi connectivity index (χ1) is 18.2. The van der Waals surface area contributed by atoms with Crippen LogP contribution in [-0.4, -0.2) is 45.4 Å². The van der Waals surface area contributed by atoms with Crippen molar-refractivity contribution in [3.8, 4) is 11.1 Å². The molecule has 184 valence electrons. The first-order valence-corrected chi connectivity index (χ1v) is 13.1. The number of rotatable bonds is 7. The van der Waals surface area contributed by atoms with Gasteiger partial charge in [-0.25, -0.2) is 4.98 Å². The van der Waals surface area contributed by atoms with E-state index >= 15 is 0 Å². The summed E-state index contributed by atoms with van der Waals surface area (Å²) in [4.78, 5) is 11.9. The van der Waals surface area contributed by atoms with Gasteiger partial charge in [-0.15, -0.1) is 0 Å². The van der Waals surface area contributed by atoms with Crippen LogP contribution >= 0.6 is 0 Å². The van der Waals surface area contributed by atoms with Gasteiger partial charge in [0.1, 0.15) is 13.7 Å². The Bertz CT molecular complexity index is 1480. The number of pyridine rings is 1. The third-order valence-electron chi connectivity index (χ3n) is 7.23. The fourth-order valence-corrected chi connectivity index (χ4v) is 5.30. The summed E-state index contributed by atoms with van der Waals surface area (Å²) in [5.41, 5.74) is 8.21. The zero-order chi connectivity index (χ0) is 25.0. The minimum absolute atomic E-state index is 0.393. The molecule has 1 saturated heterocycles. The number of nitrogens with zero attached hydrogens (tertiary/aromatic N) is 5. The first-order valence-electron chi connectivity index (χ1n) is 13.1. The smallest absolute Gasteiger partial charge is 0.151 e. The van der Waals surface area contributed by atoms with Crippen LogP contribution in [0.3, 0.4) is 0 Å². The predicted octanol–water partition coefficient (Wildman–Crippen LogP) is 4.04. The van der Waals surface area contributed by atoms with Crippen molar-refractivity contribution in [2.24, 2.45) is 0 Å². The van der Waals surface area contributed by atoms with Gasteiger partial charge < -0.3 is 5.32 Å². The van der Waals surface area contributed by atoms with Crippen molar-refractivity contribution in [3.05, 3.63) is 108 Å². The molecule has 0 bridgehead atoms. The topological polar surface area (TPSA) is 58.4 Å². The molecule has 37 heavy (non-hydrogen) atoms. The van der Waals surface area contributed by atoms with Crippen molar-refractivity contribution in [2.75, 3.05) is 18.4 Å². The zero-order valence-electron chi connectivity index (χ0n) is 21.2. The second-order valence-corrected chi connectivity index (χ2v) is 9.98. The molecule has 3 aromatic heterocycles. The normalized spacial score (nSPS) is 16.2. The van der Waals surface area contributed by atoms with Crippen LogP contribution in [0, 0.1) is 0 Å². The summed E-state index contributed by atoms with van der Waals surface area (Å²) in [6.07, 6.45) is 7.92. The molecular weight excluding hydrogens is 455 g/mol. The van der Waals surface area contributed by atoms with E-state index in [0.717, 1.165) is 54.2 Å². The second-order valence-electron chi connectivity index (χ2n) is 9.98. The summed E-state index contributed by atoms with van der Waals surface area (Å²) in [7, 11) is 2.08. The van der Waals surface area contributed by atoms with Gasteiger partial charge in [0.15, 0.2) is 5.65 Å². The average Bonchev–Trinajstić information content (AvgIpc) is 3.33. The monoisotopic (exact) mass is 486 g/mol. The fourth-order valence-electron chi connectivity index (χ4n) is 5.30. The molecule has 1 aliphatic rings. The molecule has 1 atom stereocenters. The van der Waals surface area contributed by atoms with Gasteiger partial charge in [0.05, 0.1) is 5.69 Å². The molecule has 6 rings (SSSR count). The van der Waals surface area contributed by atoms with Crippen molar-refractivity contribution >= 4 is 24.8 Å². The van der Waals surface area contributed by atoms with Crippen LogP contribution in [0.15, 0.2) is 91.4 Å². The Morgan fingerprint density at radius 3 is 2.65 bits per heavy atom. The number of nitrogens with one attached hydrogen (secondary N) is 1. The molecule has 1 aliphatic heterocycles. The predicted molar refractivity (Wildman–Crippen MR) is 152 cm³/mol. The summed E-state index contributed by atoms with van der Waals surface area (Å²) in [6.45, 7) is 3.77. The molecule has 7 heteroatoms. The lowest BCUT2D eigenvalue weighted by atomic mass is 9.93. The largest absolute Gasteiger partial charge is 0.366 e. The van der Waals surface area contributed by atoms with Gasteiger partial charge in [-0.05, 0) is 59.2 Å². The minimum Gasteiger partial charge on any atom is -0.366 e. The van der Waals surface area contributed by atoms with E-state index < -0.39 is 0 Å². The van der Waals surface area contributed by atoms with Crippen LogP contribution in [-0.2, 0) is 13.1 Å². The molecule has 0 amide bonds. The Hall–Kier alpha value is -3.97. The minimum atomic E-state index is 0.393. The molecule has 0 spiro atoms. The number of anilines is 1. The maximum absolute atomic E-state index is 5.09. The van der Waals surface area contributed by atoms with E-state index in [1.165, 1.54) is 23.1 Å². The van der Waals surface area contributed by atoms with Crippen LogP contribution < -0.4 is 10.8 Å². The highest BCUT2D eigenvalue weighted by Crippen LogP contribution is 2.29. The number of benzene rings is 2. The number of hydrogen-bond acceptors (Lipinski definition) is 5. The van der Waals surface area contributed by atoms with E-state index in [9.17, 15) is 0 Å². The number of likely N-dealkylation sites (tertiary alicyclic amines) is 1. The fraction of sp³-hybridized carbons (Fsp3) is 0.233. The van der Waals surface area contributed by atoms with E-state index in [-0.39, 0.29) is 0 Å². The van der Waals surface area contributed by atoms with E-state index in [4.69, 9.17) is 4.98 Å². The maximum Gasteiger partial charge on any atom is 0.151 e. The lowest BCUT2D eigenvalue weighted by molar-refractivity contribution is 0.198. The van der Waals surface area contributed by atoms with Gasteiger partial charge in [0, 0.05) is 50.2 Å². The summed E-state index contributed by atoms with van der Waals surface area (Å²) in [6, 6.07) is 25.8. The summed E-state index contributed by atoms with van der Waals surface area (Å²) >= 11 is 0. The third kappa shape index (κ3) is 5.27. The van der Waals surface area contributed by atoms with Gasteiger partial charge in [0.2, 0.25) is 0 Å². The molecular formula is C30H31BN6. The van der Waals surface area contributed by atoms with Crippen molar-refractivity contribution in [2.45, 2.75) is 31.8 Å². The highest BCUT2D eigenvalue weighted by molar-refractivity contribution is 6.36. The molecule has 1 unspecified atom stereocenters. The number of piperidine rings is 1. The van der Waals surface area contributed by atoms with Crippen LogP contribution in [0.25, 0.3) is 16.8 Å². The van der Waals surface area contributed by atoms with Crippen molar-refractivity contribution in [1.29, 1.82) is 0 Å². The molecule has 0 saturated carbocycles. The molecule has 2 aromatic carbocycles. The van der Waals surface area contributed by atoms with Crippen LogP contribution in [0.5, 0.6) is 0 Å². The molecule has 0 aliphatic carbocycles. The van der Waals surface area contributed by atoms with Crippen LogP contribution in [0.2, 0.25) is 0 Å². The van der Waals surface area contributed by atoms with E-state index in [2.05, 4.69) is 94.9 Å². The molecule has 5 aromatic rings. The Kier molecular flexibility index (Phi) is 6.69. The Labute approximate surface area is 218 Å². The van der Waals surface area contributed by atoms with E-state index in [1.807, 2.05) is 23.0 Å². The lowest BCUT2D eigenvalue weighted by Gasteiger charge is -2.32. The quantitative estimate of drug-likeness (QED) is 0.352. The van der Waals surface area contributed by atoms with Gasteiger partial charge in [-0.3, -0.25) is 9.88 Å². The molecule has 4 heterocycles. The zero-order valence-corrected chi connectivity index (χ0v) is 21.2. The molecule has 1 N–H and O–H groups in total. The van der Waals surface area contributed by atoms with Crippen molar-refractivity contribution in [1.82, 2.24) is 24.5 Å². The standard InChI is InChI=1S/C30H31BN6/c31-27-19-34-37-29(33-18-23-8-5-13-32-17-23)16-28(35-30(27)37)26-12-6-14-36(21-26)20-22-7-4-11-25(15-22)24-9-2-1-3-10-24/h1-5,7-11,13,15-17,19,26,33H,6,12,14,18,20-21,31H2. The van der Waals surface area contributed by atoms with Gasteiger partial charge in [-0.2, -0.15) is 9.61 Å². The van der Waals surface area contributed by atoms with Gasteiger partial charge in [0.25, 0.3) is 0 Å². The number of hydrogen-bond donors (Lipinski definition) is 1. The number of aromatic nitrogens is 4. The van der Waals surface area contributed by atoms with Crippen LogP contribution in [0.1, 0.15) is 35.6 Å². The Morgan fingerprint density at radius 2 is 1.78 bits per heavy atom. The summed E-state index contributed by atoms with van der Waals surface area (Å²) < 4.78 is 1.92. The van der Waals surface area contributed by atoms with Crippen LogP contribution in [0.4, 0.5) is 5.82 Å². The molecule has 1 fully saturated rings. The van der Waals surface area contributed by atoms with Crippen molar-refractivity contribution < 1.29 is 0 Å². The Balaban J connectivity index is 1.21. The summed E-state index contributed by atoms with van der Waals surface area (Å²) in [5.74, 6) is 1.37. The summed E-state index contributed by atoms with van der Waals surface area (Å²) in [5, 5.41) is 8.16. The van der Waals surface area contributed by atoms with Crippen molar-refractivity contribution in [3.63, 3.8) is 0 Å². The maximum atomic E-state index is 5.09. The molecule has 6 nitrogen and oxygen atoms in total. The van der Waals surface area contributed by atoms with E-state index in [1.54, 1.807) is 6.20 Å².